The van der Waals surface area contributed by atoms with E-state index in [0.717, 1.165) is 29.8 Å². The van der Waals surface area contributed by atoms with Crippen LogP contribution in [0.1, 0.15) is 25.3 Å². The van der Waals surface area contributed by atoms with Gasteiger partial charge in [0.2, 0.25) is 0 Å². The van der Waals surface area contributed by atoms with Crippen molar-refractivity contribution in [1.82, 2.24) is 5.32 Å². The van der Waals surface area contributed by atoms with Gasteiger partial charge in [0.15, 0.2) is 0 Å². The van der Waals surface area contributed by atoms with Crippen molar-refractivity contribution in [3.63, 3.8) is 0 Å². The molecule has 0 atom stereocenters. The largest absolute Gasteiger partial charge is 0.399 e. The van der Waals surface area contributed by atoms with E-state index in [-0.39, 0.29) is 6.03 Å². The Hall–Kier alpha value is -1.71. The summed E-state index contributed by atoms with van der Waals surface area (Å²) < 4.78 is 0. The van der Waals surface area contributed by atoms with Crippen LogP contribution in [0.3, 0.4) is 0 Å². The molecule has 0 fully saturated rings. The zero-order chi connectivity index (χ0) is 12.0. The lowest BCUT2D eigenvalue weighted by Gasteiger charge is -2.08. The first-order valence-electron chi connectivity index (χ1n) is 5.54. The summed E-state index contributed by atoms with van der Waals surface area (Å²) in [5.74, 6) is 0. The Morgan fingerprint density at radius 3 is 2.81 bits per heavy atom. The third-order valence-corrected chi connectivity index (χ3v) is 2.34. The van der Waals surface area contributed by atoms with Crippen LogP contribution in [-0.4, -0.2) is 12.6 Å². The van der Waals surface area contributed by atoms with Crippen LogP contribution in [0.15, 0.2) is 18.2 Å². The second-order valence-electron chi connectivity index (χ2n) is 3.81. The van der Waals surface area contributed by atoms with E-state index in [4.69, 9.17) is 5.73 Å². The SMILES string of the molecule is CCCCNC(=O)Nc1ccc(N)c(C)c1. The summed E-state index contributed by atoms with van der Waals surface area (Å²) >= 11 is 0. The van der Waals surface area contributed by atoms with Gasteiger partial charge in [0.05, 0.1) is 0 Å². The Morgan fingerprint density at radius 2 is 2.19 bits per heavy atom. The normalized spacial score (nSPS) is 9.88. The summed E-state index contributed by atoms with van der Waals surface area (Å²) in [5.41, 5.74) is 8.15. The highest BCUT2D eigenvalue weighted by molar-refractivity contribution is 5.89. The Balaban J connectivity index is 2.46. The van der Waals surface area contributed by atoms with Gasteiger partial charge in [0.25, 0.3) is 0 Å². The predicted octanol–water partition coefficient (Wildman–Crippen LogP) is 2.50. The van der Waals surface area contributed by atoms with E-state index in [1.54, 1.807) is 12.1 Å². The minimum Gasteiger partial charge on any atom is -0.399 e. The van der Waals surface area contributed by atoms with Gasteiger partial charge in [-0.25, -0.2) is 4.79 Å². The average Bonchev–Trinajstić information content (AvgIpc) is 2.24. The molecule has 4 heteroatoms. The van der Waals surface area contributed by atoms with Crippen LogP contribution in [0.4, 0.5) is 16.2 Å². The van der Waals surface area contributed by atoms with Crippen LogP contribution >= 0.6 is 0 Å². The van der Waals surface area contributed by atoms with Crippen LogP contribution in [0.2, 0.25) is 0 Å². The van der Waals surface area contributed by atoms with Gasteiger partial charge in [-0.3, -0.25) is 0 Å². The standard InChI is InChI=1S/C12H19N3O/c1-3-4-7-14-12(16)15-10-5-6-11(13)9(2)8-10/h5-6,8H,3-4,7,13H2,1-2H3,(H2,14,15,16). The summed E-state index contributed by atoms with van der Waals surface area (Å²) in [7, 11) is 0. The maximum atomic E-state index is 11.4. The van der Waals surface area contributed by atoms with Gasteiger partial charge < -0.3 is 16.4 Å². The van der Waals surface area contributed by atoms with E-state index < -0.39 is 0 Å². The van der Waals surface area contributed by atoms with E-state index in [1.807, 2.05) is 13.0 Å². The Bertz CT molecular complexity index is 363. The molecule has 0 aliphatic carbocycles. The molecule has 1 rings (SSSR count). The second kappa shape index (κ2) is 6.00. The Morgan fingerprint density at radius 1 is 1.44 bits per heavy atom. The molecule has 4 N–H and O–H groups in total. The highest BCUT2D eigenvalue weighted by Gasteiger charge is 2.01. The van der Waals surface area contributed by atoms with Crippen molar-refractivity contribution >= 4 is 17.4 Å². The highest BCUT2D eigenvalue weighted by Crippen LogP contribution is 2.16. The molecule has 0 aromatic heterocycles. The number of carbonyl (C=O) groups is 1. The zero-order valence-electron chi connectivity index (χ0n) is 9.84. The molecule has 0 heterocycles. The Labute approximate surface area is 96.2 Å². The summed E-state index contributed by atoms with van der Waals surface area (Å²) in [6.45, 7) is 4.70. The van der Waals surface area contributed by atoms with Crippen molar-refractivity contribution < 1.29 is 4.79 Å². The molecular formula is C12H19N3O. The van der Waals surface area contributed by atoms with Gasteiger partial charge in [0, 0.05) is 17.9 Å². The number of unbranched alkanes of at least 4 members (excludes halogenated alkanes) is 1. The first kappa shape index (κ1) is 12.4. The lowest BCUT2D eigenvalue weighted by molar-refractivity contribution is 0.252. The third-order valence-electron chi connectivity index (χ3n) is 2.34. The Kier molecular flexibility index (Phi) is 4.64. The van der Waals surface area contributed by atoms with Crippen molar-refractivity contribution in [1.29, 1.82) is 0 Å². The van der Waals surface area contributed by atoms with E-state index in [2.05, 4.69) is 17.6 Å². The number of nitrogens with two attached hydrogens (primary N) is 1. The van der Waals surface area contributed by atoms with Crippen molar-refractivity contribution in [2.45, 2.75) is 26.7 Å². The molecule has 0 saturated heterocycles. The molecule has 0 radical (unpaired) electrons. The maximum absolute atomic E-state index is 11.4. The van der Waals surface area contributed by atoms with Crippen molar-refractivity contribution in [3.8, 4) is 0 Å². The number of rotatable bonds is 4. The third kappa shape index (κ3) is 3.81. The molecule has 4 nitrogen and oxygen atoms in total. The molecule has 0 aliphatic heterocycles. The summed E-state index contributed by atoms with van der Waals surface area (Å²) in [4.78, 5) is 11.4. The topological polar surface area (TPSA) is 67.2 Å². The summed E-state index contributed by atoms with van der Waals surface area (Å²) in [5, 5.41) is 5.55. The van der Waals surface area contributed by atoms with Crippen LogP contribution in [0, 0.1) is 6.92 Å². The number of hydrogen-bond donors (Lipinski definition) is 3. The first-order valence-corrected chi connectivity index (χ1v) is 5.54. The number of nitrogen functional groups attached to an aromatic ring is 1. The smallest absolute Gasteiger partial charge is 0.319 e. The molecule has 2 amide bonds. The van der Waals surface area contributed by atoms with Crippen LogP contribution in [-0.2, 0) is 0 Å². The summed E-state index contributed by atoms with van der Waals surface area (Å²) in [6.07, 6.45) is 2.06. The fourth-order valence-corrected chi connectivity index (χ4v) is 1.31. The monoisotopic (exact) mass is 221 g/mol. The molecule has 0 aliphatic rings. The van der Waals surface area contributed by atoms with E-state index in [9.17, 15) is 4.79 Å². The molecule has 1 aromatic rings. The van der Waals surface area contributed by atoms with Gasteiger partial charge in [-0.15, -0.1) is 0 Å². The number of amides is 2. The molecule has 88 valence electrons. The number of benzene rings is 1. The van der Waals surface area contributed by atoms with E-state index >= 15 is 0 Å². The highest BCUT2D eigenvalue weighted by atomic mass is 16.2. The zero-order valence-corrected chi connectivity index (χ0v) is 9.84. The number of urea groups is 1. The maximum Gasteiger partial charge on any atom is 0.319 e. The number of nitrogens with one attached hydrogen (secondary N) is 2. The molecule has 16 heavy (non-hydrogen) atoms. The number of hydrogen-bond acceptors (Lipinski definition) is 2. The van der Waals surface area contributed by atoms with Crippen molar-refractivity contribution in [2.75, 3.05) is 17.6 Å². The number of carbonyl (C=O) groups excluding carboxylic acids is 1. The number of aryl methyl sites for hydroxylation is 1. The average molecular weight is 221 g/mol. The second-order valence-corrected chi connectivity index (χ2v) is 3.81. The molecular weight excluding hydrogens is 202 g/mol. The fourth-order valence-electron chi connectivity index (χ4n) is 1.31. The molecule has 0 unspecified atom stereocenters. The van der Waals surface area contributed by atoms with E-state index in [1.165, 1.54) is 0 Å². The molecule has 0 spiro atoms. The lowest BCUT2D eigenvalue weighted by Crippen LogP contribution is -2.29. The minimum absolute atomic E-state index is 0.169. The first-order chi connectivity index (χ1) is 7.63. The van der Waals surface area contributed by atoms with Crippen molar-refractivity contribution in [2.24, 2.45) is 0 Å². The molecule has 1 aromatic carbocycles. The van der Waals surface area contributed by atoms with Gasteiger partial charge in [-0.1, -0.05) is 13.3 Å². The van der Waals surface area contributed by atoms with Crippen LogP contribution < -0.4 is 16.4 Å². The lowest BCUT2D eigenvalue weighted by atomic mass is 10.2. The predicted molar refractivity (Wildman–Crippen MR) is 67.5 cm³/mol. The van der Waals surface area contributed by atoms with Gasteiger partial charge in [-0.2, -0.15) is 0 Å². The minimum atomic E-state index is -0.169. The van der Waals surface area contributed by atoms with Gasteiger partial charge in [-0.05, 0) is 37.1 Å². The van der Waals surface area contributed by atoms with Gasteiger partial charge in [0.1, 0.15) is 0 Å². The van der Waals surface area contributed by atoms with Gasteiger partial charge >= 0.3 is 6.03 Å². The van der Waals surface area contributed by atoms with Crippen LogP contribution in [0.5, 0.6) is 0 Å². The number of anilines is 2. The molecule has 0 saturated carbocycles. The van der Waals surface area contributed by atoms with Crippen LogP contribution in [0.25, 0.3) is 0 Å². The van der Waals surface area contributed by atoms with Crippen molar-refractivity contribution in [3.05, 3.63) is 23.8 Å². The summed E-state index contributed by atoms with van der Waals surface area (Å²) in [6, 6.07) is 5.27. The quantitative estimate of drug-likeness (QED) is 0.540. The fraction of sp³-hybridized carbons (Fsp3) is 0.417. The van der Waals surface area contributed by atoms with E-state index in [0.29, 0.717) is 6.54 Å². The molecule has 0 bridgehead atoms.